The van der Waals surface area contributed by atoms with Crippen molar-refractivity contribution in [1.29, 1.82) is 0 Å². The lowest BCUT2D eigenvalue weighted by Gasteiger charge is -2.28. The van der Waals surface area contributed by atoms with E-state index in [9.17, 15) is 4.79 Å². The number of fused-ring (bicyclic) bond motifs is 1. The van der Waals surface area contributed by atoms with E-state index in [-0.39, 0.29) is 12.5 Å². The predicted octanol–water partition coefficient (Wildman–Crippen LogP) is 2.53. The number of aliphatic hydroxyl groups is 1. The molecule has 4 rings (SSSR count). The number of para-hydroxylation sites is 2. The third-order valence-corrected chi connectivity index (χ3v) is 5.08. The number of nitrogens with one attached hydrogen (secondary N) is 2. The molecule has 0 fully saturated rings. The Morgan fingerprint density at radius 1 is 1.26 bits per heavy atom. The van der Waals surface area contributed by atoms with Gasteiger partial charge in [-0.3, -0.25) is 9.78 Å². The Morgan fingerprint density at radius 3 is 2.77 bits per heavy atom. The number of hydrogen-bond donors (Lipinski definition) is 3. The second-order valence-electron chi connectivity index (χ2n) is 7.12. The van der Waals surface area contributed by atoms with Crippen LogP contribution in [0.2, 0.25) is 0 Å². The van der Waals surface area contributed by atoms with Crippen LogP contribution in [0.3, 0.4) is 0 Å². The molecule has 3 N–H and O–H groups in total. The zero-order valence-electron chi connectivity index (χ0n) is 17.4. The van der Waals surface area contributed by atoms with Gasteiger partial charge in [0.2, 0.25) is 5.95 Å². The number of carbonyl (C=O) groups excluding carboxylic acids is 1. The van der Waals surface area contributed by atoms with Crippen molar-refractivity contribution >= 4 is 17.5 Å². The van der Waals surface area contributed by atoms with Gasteiger partial charge in [0.05, 0.1) is 18.4 Å². The number of anilines is 2. The number of benzene rings is 1. The predicted molar refractivity (Wildman–Crippen MR) is 116 cm³/mol. The zero-order chi connectivity index (χ0) is 21.8. The van der Waals surface area contributed by atoms with Crippen molar-refractivity contribution in [2.45, 2.75) is 25.8 Å². The van der Waals surface area contributed by atoms with Crippen LogP contribution in [0.1, 0.15) is 30.8 Å². The standard InChI is InChI=1S/C22H24N6O3/c1-14-19(21(30)25-16-6-3-4-7-17(16)31-2)20(15-9-11-23-12-10-15)28-22(24-14)26-18(27-28)8-5-13-29/h3-4,6-7,9-12,20,29H,5,8,13H2,1-2H3,(H,25,30)(H,24,26,27)/t20-/m1/s1. The minimum atomic E-state index is -0.482. The molecule has 1 aliphatic rings. The van der Waals surface area contributed by atoms with Gasteiger partial charge >= 0.3 is 0 Å². The Labute approximate surface area is 179 Å². The Hall–Kier alpha value is -3.72. The molecule has 0 unspecified atom stereocenters. The van der Waals surface area contributed by atoms with Crippen LogP contribution in [-0.4, -0.2) is 44.5 Å². The van der Waals surface area contributed by atoms with E-state index in [2.05, 4.69) is 25.7 Å². The number of methoxy groups -OCH3 is 1. The Kier molecular flexibility index (Phi) is 5.94. The van der Waals surface area contributed by atoms with E-state index in [1.54, 1.807) is 36.3 Å². The molecule has 2 aromatic heterocycles. The van der Waals surface area contributed by atoms with Crippen molar-refractivity contribution in [1.82, 2.24) is 19.7 Å². The van der Waals surface area contributed by atoms with Gasteiger partial charge in [0.15, 0.2) is 5.82 Å². The van der Waals surface area contributed by atoms with Crippen molar-refractivity contribution < 1.29 is 14.6 Å². The summed E-state index contributed by atoms with van der Waals surface area (Å²) < 4.78 is 7.08. The number of pyridine rings is 1. The normalized spacial score (nSPS) is 15.3. The van der Waals surface area contributed by atoms with Gasteiger partial charge in [0, 0.05) is 31.1 Å². The number of nitrogens with zero attached hydrogens (tertiary/aromatic N) is 4. The van der Waals surface area contributed by atoms with E-state index < -0.39 is 6.04 Å². The van der Waals surface area contributed by atoms with Crippen molar-refractivity contribution in [3.8, 4) is 5.75 Å². The number of allylic oxidation sites excluding steroid dienone is 1. The highest BCUT2D eigenvalue weighted by molar-refractivity contribution is 6.06. The fourth-order valence-electron chi connectivity index (χ4n) is 3.62. The maximum Gasteiger partial charge on any atom is 0.255 e. The molecule has 31 heavy (non-hydrogen) atoms. The van der Waals surface area contributed by atoms with Crippen molar-refractivity contribution in [3.63, 3.8) is 0 Å². The second-order valence-corrected chi connectivity index (χ2v) is 7.12. The van der Waals surface area contributed by atoms with Crippen molar-refractivity contribution in [2.75, 3.05) is 24.4 Å². The Balaban J connectivity index is 1.74. The van der Waals surface area contributed by atoms with Crippen LogP contribution in [-0.2, 0) is 11.2 Å². The summed E-state index contributed by atoms with van der Waals surface area (Å²) >= 11 is 0. The van der Waals surface area contributed by atoms with Crippen LogP contribution in [0.4, 0.5) is 11.6 Å². The molecule has 1 atom stereocenters. The summed E-state index contributed by atoms with van der Waals surface area (Å²) in [6, 6.07) is 10.5. The lowest BCUT2D eigenvalue weighted by atomic mass is 9.96. The largest absolute Gasteiger partial charge is 0.495 e. The number of amides is 1. The fraction of sp³-hybridized carbons (Fsp3) is 0.273. The number of ether oxygens (including phenoxy) is 1. The number of aryl methyl sites for hydroxylation is 1. The molecule has 1 aliphatic heterocycles. The number of carbonyl (C=O) groups is 1. The molecule has 1 aromatic carbocycles. The maximum atomic E-state index is 13.4. The first-order chi connectivity index (χ1) is 15.1. The molecule has 9 heteroatoms. The van der Waals surface area contributed by atoms with E-state index in [0.29, 0.717) is 47.3 Å². The van der Waals surface area contributed by atoms with Crippen LogP contribution in [0.15, 0.2) is 60.1 Å². The van der Waals surface area contributed by atoms with Crippen LogP contribution in [0, 0.1) is 0 Å². The first-order valence-corrected chi connectivity index (χ1v) is 10.0. The molecule has 0 spiro atoms. The van der Waals surface area contributed by atoms with Gasteiger partial charge in [-0.25, -0.2) is 4.68 Å². The molecular weight excluding hydrogens is 396 g/mol. The molecule has 0 saturated heterocycles. The highest BCUT2D eigenvalue weighted by atomic mass is 16.5. The molecular formula is C22H24N6O3. The zero-order valence-corrected chi connectivity index (χ0v) is 17.4. The Morgan fingerprint density at radius 2 is 2.03 bits per heavy atom. The van der Waals surface area contributed by atoms with Gasteiger partial charge in [0.25, 0.3) is 5.91 Å². The highest BCUT2D eigenvalue weighted by Gasteiger charge is 2.34. The number of aliphatic hydroxyl groups excluding tert-OH is 1. The minimum Gasteiger partial charge on any atom is -0.495 e. The van der Waals surface area contributed by atoms with Crippen LogP contribution >= 0.6 is 0 Å². The summed E-state index contributed by atoms with van der Waals surface area (Å²) in [7, 11) is 1.56. The van der Waals surface area contributed by atoms with Crippen molar-refractivity contribution in [3.05, 3.63) is 71.4 Å². The summed E-state index contributed by atoms with van der Waals surface area (Å²) in [5.41, 5.74) is 2.64. The smallest absolute Gasteiger partial charge is 0.255 e. The molecule has 3 heterocycles. The van der Waals surface area contributed by atoms with Gasteiger partial charge in [-0.15, -0.1) is 0 Å². The molecule has 9 nitrogen and oxygen atoms in total. The molecule has 160 valence electrons. The lowest BCUT2D eigenvalue weighted by Crippen LogP contribution is -2.31. The lowest BCUT2D eigenvalue weighted by molar-refractivity contribution is -0.113. The SMILES string of the molecule is COc1ccccc1NC(=O)C1=C(C)Nc2nc(CCCO)nn2[C@@H]1c1ccncc1. The van der Waals surface area contributed by atoms with Crippen LogP contribution in [0.25, 0.3) is 0 Å². The maximum absolute atomic E-state index is 13.4. The summed E-state index contributed by atoms with van der Waals surface area (Å²) in [6.07, 6.45) is 4.48. The van der Waals surface area contributed by atoms with Gasteiger partial charge < -0.3 is 20.5 Å². The fourth-order valence-corrected chi connectivity index (χ4v) is 3.62. The van der Waals surface area contributed by atoms with E-state index in [0.717, 1.165) is 5.56 Å². The van der Waals surface area contributed by atoms with Gasteiger partial charge in [0.1, 0.15) is 11.8 Å². The first-order valence-electron chi connectivity index (χ1n) is 10.0. The molecule has 0 bridgehead atoms. The number of rotatable bonds is 7. The number of hydrogen-bond acceptors (Lipinski definition) is 7. The van der Waals surface area contributed by atoms with E-state index in [1.165, 1.54) is 0 Å². The summed E-state index contributed by atoms with van der Waals surface area (Å²) in [4.78, 5) is 22.1. The van der Waals surface area contributed by atoms with E-state index in [1.807, 2.05) is 31.2 Å². The monoisotopic (exact) mass is 420 g/mol. The average molecular weight is 420 g/mol. The summed E-state index contributed by atoms with van der Waals surface area (Å²) in [6.45, 7) is 1.91. The highest BCUT2D eigenvalue weighted by Crippen LogP contribution is 2.36. The van der Waals surface area contributed by atoms with Crippen LogP contribution in [0.5, 0.6) is 5.75 Å². The molecule has 0 radical (unpaired) electrons. The van der Waals surface area contributed by atoms with E-state index in [4.69, 9.17) is 9.84 Å². The van der Waals surface area contributed by atoms with Gasteiger partial charge in [-0.1, -0.05) is 12.1 Å². The topological polar surface area (TPSA) is 114 Å². The molecule has 0 aliphatic carbocycles. The summed E-state index contributed by atoms with van der Waals surface area (Å²) in [5, 5.41) is 19.9. The van der Waals surface area contributed by atoms with Gasteiger partial charge in [-0.05, 0) is 43.2 Å². The molecule has 3 aromatic rings. The third-order valence-electron chi connectivity index (χ3n) is 5.08. The quantitative estimate of drug-likeness (QED) is 0.538. The molecule has 1 amide bonds. The average Bonchev–Trinajstić information content (AvgIpc) is 3.19. The Bertz CT molecular complexity index is 1110. The first kappa shape index (κ1) is 20.5. The second kappa shape index (κ2) is 8.97. The molecule has 0 saturated carbocycles. The number of aromatic nitrogens is 4. The minimum absolute atomic E-state index is 0.0644. The summed E-state index contributed by atoms with van der Waals surface area (Å²) in [5.74, 6) is 1.47. The van der Waals surface area contributed by atoms with Crippen molar-refractivity contribution in [2.24, 2.45) is 0 Å². The third kappa shape index (κ3) is 4.13. The van der Waals surface area contributed by atoms with Gasteiger partial charge in [-0.2, -0.15) is 10.1 Å². The van der Waals surface area contributed by atoms with Crippen LogP contribution < -0.4 is 15.4 Å². The van der Waals surface area contributed by atoms with E-state index >= 15 is 0 Å².